The second-order valence-electron chi connectivity index (χ2n) is 3.73. The Labute approximate surface area is 96.3 Å². The molecule has 82 valence electrons. The summed E-state index contributed by atoms with van der Waals surface area (Å²) in [5.74, 6) is 0. The highest BCUT2D eigenvalue weighted by atomic mass is 35.5. The summed E-state index contributed by atoms with van der Waals surface area (Å²) in [7, 11) is 0. The predicted molar refractivity (Wildman–Crippen MR) is 67.5 cm³/mol. The number of benzene rings is 1. The van der Waals surface area contributed by atoms with E-state index in [2.05, 4.69) is 36.3 Å². The second kappa shape index (κ2) is 5.19. The Balaban J connectivity index is 0.00000112. The summed E-state index contributed by atoms with van der Waals surface area (Å²) in [6.07, 6.45) is 4.06. The fraction of sp³-hybridized carbons (Fsp3) is 0.333. The van der Waals surface area contributed by atoms with Crippen molar-refractivity contribution in [1.29, 1.82) is 0 Å². The van der Waals surface area contributed by atoms with Gasteiger partial charge in [0.05, 0.1) is 0 Å². The van der Waals surface area contributed by atoms with E-state index >= 15 is 0 Å². The molecule has 0 fully saturated rings. The molecule has 1 aromatic heterocycles. The Bertz CT molecular complexity index is 422. The minimum absolute atomic E-state index is 0. The van der Waals surface area contributed by atoms with E-state index in [0.717, 1.165) is 12.8 Å². The number of hydrogen-bond donors (Lipinski definition) is 2. The normalized spacial score (nSPS) is 12.4. The summed E-state index contributed by atoms with van der Waals surface area (Å²) in [4.78, 5) is 3.26. The van der Waals surface area contributed by atoms with Gasteiger partial charge in [-0.1, -0.05) is 25.1 Å². The predicted octanol–water partition coefficient (Wildman–Crippen LogP) is 2.87. The van der Waals surface area contributed by atoms with Gasteiger partial charge in [0.15, 0.2) is 0 Å². The van der Waals surface area contributed by atoms with Gasteiger partial charge in [-0.2, -0.15) is 0 Å². The van der Waals surface area contributed by atoms with Crippen LogP contribution in [0.2, 0.25) is 0 Å². The van der Waals surface area contributed by atoms with Crippen molar-refractivity contribution in [2.24, 2.45) is 5.73 Å². The molecule has 2 aromatic rings. The average Bonchev–Trinajstić information content (AvgIpc) is 2.62. The second-order valence-corrected chi connectivity index (χ2v) is 3.73. The fourth-order valence-corrected chi connectivity index (χ4v) is 1.73. The smallest absolute Gasteiger partial charge is 0.0456 e. The zero-order chi connectivity index (χ0) is 9.97. The molecule has 0 spiro atoms. The fourth-order valence-electron chi connectivity index (χ4n) is 1.73. The molecule has 1 heterocycles. The number of aromatic nitrogens is 1. The number of nitrogens with two attached hydrogens (primary N) is 1. The summed E-state index contributed by atoms with van der Waals surface area (Å²) in [6.45, 7) is 2.12. The van der Waals surface area contributed by atoms with Crippen molar-refractivity contribution in [3.8, 4) is 0 Å². The van der Waals surface area contributed by atoms with Gasteiger partial charge in [-0.05, 0) is 24.5 Å². The first-order valence-corrected chi connectivity index (χ1v) is 5.12. The minimum Gasteiger partial charge on any atom is -0.361 e. The van der Waals surface area contributed by atoms with Crippen LogP contribution in [0.15, 0.2) is 30.5 Å². The van der Waals surface area contributed by atoms with Crippen LogP contribution in [-0.2, 0) is 6.42 Å². The molecule has 0 amide bonds. The van der Waals surface area contributed by atoms with Crippen molar-refractivity contribution in [1.82, 2.24) is 4.98 Å². The maximum atomic E-state index is 5.94. The number of fused-ring (bicyclic) bond motifs is 1. The summed E-state index contributed by atoms with van der Waals surface area (Å²) in [5.41, 5.74) is 8.47. The molecule has 1 aromatic carbocycles. The Hall–Kier alpha value is -0.990. The molecule has 3 heteroatoms. The third-order valence-corrected chi connectivity index (χ3v) is 2.68. The van der Waals surface area contributed by atoms with Crippen molar-refractivity contribution in [2.45, 2.75) is 25.8 Å². The van der Waals surface area contributed by atoms with E-state index in [0.29, 0.717) is 0 Å². The number of aromatic amines is 1. The molecule has 0 saturated carbocycles. The number of halogens is 1. The molecule has 3 N–H and O–H groups in total. The van der Waals surface area contributed by atoms with Gasteiger partial charge in [-0.15, -0.1) is 12.4 Å². The molecule has 2 rings (SSSR count). The lowest BCUT2D eigenvalue weighted by Crippen LogP contribution is -2.21. The molecular formula is C12H17ClN2. The maximum Gasteiger partial charge on any atom is 0.0456 e. The lowest BCUT2D eigenvalue weighted by molar-refractivity contribution is 0.648. The molecule has 0 bridgehead atoms. The van der Waals surface area contributed by atoms with Crippen molar-refractivity contribution in [3.05, 3.63) is 36.0 Å². The third-order valence-electron chi connectivity index (χ3n) is 2.68. The zero-order valence-electron chi connectivity index (χ0n) is 8.86. The number of rotatable bonds is 3. The van der Waals surface area contributed by atoms with Crippen LogP contribution in [0.4, 0.5) is 0 Å². The van der Waals surface area contributed by atoms with Crippen LogP contribution >= 0.6 is 12.4 Å². The molecule has 1 atom stereocenters. The number of para-hydroxylation sites is 1. The third kappa shape index (κ3) is 2.52. The van der Waals surface area contributed by atoms with Crippen LogP contribution in [0.25, 0.3) is 10.9 Å². The van der Waals surface area contributed by atoms with Gasteiger partial charge in [0.25, 0.3) is 0 Å². The Morgan fingerprint density at radius 2 is 2.07 bits per heavy atom. The summed E-state index contributed by atoms with van der Waals surface area (Å²) in [5, 5.41) is 1.30. The summed E-state index contributed by atoms with van der Waals surface area (Å²) >= 11 is 0. The van der Waals surface area contributed by atoms with Gasteiger partial charge in [-0.25, -0.2) is 0 Å². The monoisotopic (exact) mass is 224 g/mol. The highest BCUT2D eigenvalue weighted by Crippen LogP contribution is 2.18. The van der Waals surface area contributed by atoms with E-state index in [-0.39, 0.29) is 18.4 Å². The van der Waals surface area contributed by atoms with Crippen molar-refractivity contribution < 1.29 is 0 Å². The lowest BCUT2D eigenvalue weighted by atomic mass is 10.0. The molecule has 0 radical (unpaired) electrons. The highest BCUT2D eigenvalue weighted by Gasteiger charge is 2.06. The van der Waals surface area contributed by atoms with Crippen molar-refractivity contribution in [3.63, 3.8) is 0 Å². The first-order chi connectivity index (χ1) is 6.81. The molecular weight excluding hydrogens is 208 g/mol. The zero-order valence-corrected chi connectivity index (χ0v) is 9.68. The van der Waals surface area contributed by atoms with E-state index in [1.165, 1.54) is 16.5 Å². The van der Waals surface area contributed by atoms with Crippen molar-refractivity contribution in [2.75, 3.05) is 0 Å². The number of H-pyrrole nitrogens is 1. The van der Waals surface area contributed by atoms with Crippen LogP contribution in [0.5, 0.6) is 0 Å². The van der Waals surface area contributed by atoms with Crippen LogP contribution in [0.3, 0.4) is 0 Å². The molecule has 0 aliphatic rings. The highest BCUT2D eigenvalue weighted by molar-refractivity contribution is 5.85. The van der Waals surface area contributed by atoms with Crippen LogP contribution in [0.1, 0.15) is 18.9 Å². The Kier molecular flexibility index (Phi) is 4.18. The van der Waals surface area contributed by atoms with E-state index < -0.39 is 0 Å². The molecule has 0 unspecified atom stereocenters. The first-order valence-electron chi connectivity index (χ1n) is 5.12. The van der Waals surface area contributed by atoms with E-state index in [1.54, 1.807) is 0 Å². The quantitative estimate of drug-likeness (QED) is 0.827. The van der Waals surface area contributed by atoms with Gasteiger partial charge >= 0.3 is 0 Å². The molecule has 2 nitrogen and oxygen atoms in total. The van der Waals surface area contributed by atoms with Crippen molar-refractivity contribution >= 4 is 23.3 Å². The minimum atomic E-state index is 0. The van der Waals surface area contributed by atoms with Gasteiger partial charge in [0, 0.05) is 23.1 Å². The Morgan fingerprint density at radius 3 is 2.80 bits per heavy atom. The lowest BCUT2D eigenvalue weighted by Gasteiger charge is -2.06. The molecule has 0 saturated heterocycles. The van der Waals surface area contributed by atoms with E-state index in [4.69, 9.17) is 5.73 Å². The Morgan fingerprint density at radius 1 is 1.33 bits per heavy atom. The van der Waals surface area contributed by atoms with Gasteiger partial charge in [0.1, 0.15) is 0 Å². The summed E-state index contributed by atoms with van der Waals surface area (Å²) in [6, 6.07) is 8.62. The van der Waals surface area contributed by atoms with Gasteiger partial charge < -0.3 is 10.7 Å². The molecule has 0 aliphatic heterocycles. The van der Waals surface area contributed by atoms with E-state index in [9.17, 15) is 0 Å². The van der Waals surface area contributed by atoms with Crippen LogP contribution in [0, 0.1) is 0 Å². The topological polar surface area (TPSA) is 41.8 Å². The van der Waals surface area contributed by atoms with Gasteiger partial charge in [-0.3, -0.25) is 0 Å². The first kappa shape index (κ1) is 12.1. The largest absolute Gasteiger partial charge is 0.361 e. The SMILES string of the molecule is CC[C@H](N)Cc1c[nH]c2ccccc12.Cl. The standard InChI is InChI=1S/C12H16N2.ClH/c1-2-10(13)7-9-8-14-12-6-4-3-5-11(9)12;/h3-6,8,10,14H,2,7,13H2,1H3;1H/t10-;/m0./s1. The van der Waals surface area contributed by atoms with Crippen LogP contribution in [-0.4, -0.2) is 11.0 Å². The van der Waals surface area contributed by atoms with E-state index in [1.807, 2.05) is 6.07 Å². The molecule has 0 aliphatic carbocycles. The average molecular weight is 225 g/mol. The number of hydrogen-bond acceptors (Lipinski definition) is 1. The number of nitrogens with one attached hydrogen (secondary N) is 1. The van der Waals surface area contributed by atoms with Crippen LogP contribution < -0.4 is 5.73 Å². The maximum absolute atomic E-state index is 5.94. The van der Waals surface area contributed by atoms with Gasteiger partial charge in [0.2, 0.25) is 0 Å². The molecule has 15 heavy (non-hydrogen) atoms. The summed E-state index contributed by atoms with van der Waals surface area (Å²) < 4.78 is 0.